The van der Waals surface area contributed by atoms with E-state index in [-0.39, 0.29) is 23.3 Å². The van der Waals surface area contributed by atoms with Crippen LogP contribution in [0.5, 0.6) is 0 Å². The van der Waals surface area contributed by atoms with Crippen LogP contribution in [0.4, 0.5) is 0 Å². The standard InChI is InChI=1S/C29H40O9S/c1-20-11-14-25(15-12-20)39(33,34)38-19-24(30)17-22(3)13-16-27(35-5)23(4)10-8-9-21(2)18-26(28(31)36-6)29(32)37-7/h8-12,14-15,17,23,26-27H,13,16,18-19H2,1-7H3/b10-8+,21-9-,22-17-/t23-,27-/m0/s1. The number of carbonyl (C=O) groups excluding carboxylic acids is 3. The smallest absolute Gasteiger partial charge is 0.320 e. The molecule has 10 heteroatoms. The summed E-state index contributed by atoms with van der Waals surface area (Å²) >= 11 is 0. The van der Waals surface area contributed by atoms with Crippen molar-refractivity contribution in [3.8, 4) is 0 Å². The zero-order valence-electron chi connectivity index (χ0n) is 23.8. The number of hydrogen-bond donors (Lipinski definition) is 0. The van der Waals surface area contributed by atoms with Crippen LogP contribution in [0.15, 0.2) is 64.6 Å². The molecular formula is C29H40O9S. The van der Waals surface area contributed by atoms with Gasteiger partial charge in [-0.25, -0.2) is 0 Å². The molecule has 1 aromatic carbocycles. The highest BCUT2D eigenvalue weighted by molar-refractivity contribution is 7.86. The topological polar surface area (TPSA) is 122 Å². The molecule has 0 saturated carbocycles. The van der Waals surface area contributed by atoms with E-state index < -0.39 is 40.4 Å². The van der Waals surface area contributed by atoms with E-state index in [1.807, 2.05) is 39.0 Å². The summed E-state index contributed by atoms with van der Waals surface area (Å²) in [6.07, 6.45) is 8.26. The highest BCUT2D eigenvalue weighted by Crippen LogP contribution is 2.19. The van der Waals surface area contributed by atoms with Crippen LogP contribution in [0, 0.1) is 18.8 Å². The van der Waals surface area contributed by atoms with Crippen LogP contribution < -0.4 is 0 Å². The first kappa shape index (κ1) is 33.9. The van der Waals surface area contributed by atoms with E-state index in [0.717, 1.165) is 16.7 Å². The molecule has 0 aliphatic rings. The second kappa shape index (κ2) is 16.8. The van der Waals surface area contributed by atoms with Crippen molar-refractivity contribution < 1.29 is 41.2 Å². The molecule has 0 N–H and O–H groups in total. The quantitative estimate of drug-likeness (QED) is 0.0939. The Bertz CT molecular complexity index is 1150. The molecule has 0 saturated heterocycles. The van der Waals surface area contributed by atoms with Gasteiger partial charge in [0.05, 0.1) is 25.2 Å². The number of ether oxygens (including phenoxy) is 3. The minimum atomic E-state index is -4.01. The molecule has 0 unspecified atom stereocenters. The zero-order valence-corrected chi connectivity index (χ0v) is 24.6. The Kier molecular flexibility index (Phi) is 14.6. The second-order valence-electron chi connectivity index (χ2n) is 9.36. The van der Waals surface area contributed by atoms with Gasteiger partial charge in [0.2, 0.25) is 0 Å². The third-order valence-corrected chi connectivity index (χ3v) is 7.36. The fourth-order valence-electron chi connectivity index (χ4n) is 3.72. The molecule has 2 atom stereocenters. The first-order valence-corrected chi connectivity index (χ1v) is 13.9. The Morgan fingerprint density at radius 3 is 2.08 bits per heavy atom. The molecule has 0 bridgehead atoms. The number of allylic oxidation sites excluding steroid dienone is 4. The molecule has 9 nitrogen and oxygen atoms in total. The lowest BCUT2D eigenvalue weighted by Crippen LogP contribution is -2.26. The molecule has 0 spiro atoms. The van der Waals surface area contributed by atoms with Gasteiger partial charge >= 0.3 is 11.9 Å². The van der Waals surface area contributed by atoms with Gasteiger partial charge in [-0.15, -0.1) is 0 Å². The van der Waals surface area contributed by atoms with Crippen molar-refractivity contribution in [2.75, 3.05) is 27.9 Å². The normalized spacial score (nSPS) is 14.4. The average molecular weight is 565 g/mol. The van der Waals surface area contributed by atoms with Crippen LogP contribution >= 0.6 is 0 Å². The lowest BCUT2D eigenvalue weighted by molar-refractivity contribution is -0.158. The molecule has 216 valence electrons. The lowest BCUT2D eigenvalue weighted by Gasteiger charge is -2.20. The average Bonchev–Trinajstić information content (AvgIpc) is 2.90. The van der Waals surface area contributed by atoms with Crippen LogP contribution in [0.2, 0.25) is 0 Å². The number of benzene rings is 1. The summed E-state index contributed by atoms with van der Waals surface area (Å²) < 4.78 is 44.4. The van der Waals surface area contributed by atoms with E-state index >= 15 is 0 Å². The van der Waals surface area contributed by atoms with Gasteiger partial charge < -0.3 is 14.2 Å². The predicted octanol–water partition coefficient (Wildman–Crippen LogP) is 4.50. The number of rotatable bonds is 16. The number of aryl methyl sites for hydroxylation is 1. The van der Waals surface area contributed by atoms with Crippen LogP contribution in [0.25, 0.3) is 0 Å². The largest absolute Gasteiger partial charge is 0.468 e. The van der Waals surface area contributed by atoms with E-state index in [0.29, 0.717) is 12.8 Å². The minimum absolute atomic E-state index is 0.00312. The molecular weight excluding hydrogens is 524 g/mol. The van der Waals surface area contributed by atoms with Crippen molar-refractivity contribution in [1.82, 2.24) is 0 Å². The Balaban J connectivity index is 2.64. The van der Waals surface area contributed by atoms with Crippen molar-refractivity contribution in [2.45, 2.75) is 58.0 Å². The zero-order chi connectivity index (χ0) is 29.6. The van der Waals surface area contributed by atoms with Crippen LogP contribution in [-0.4, -0.2) is 60.2 Å². The Morgan fingerprint density at radius 1 is 0.949 bits per heavy atom. The monoisotopic (exact) mass is 564 g/mol. The SMILES string of the molecule is COC(=O)C(C/C(C)=C\C=C\[C@H](C)[C@H](CC/C(C)=C\C(=O)COS(=O)(=O)c1ccc(C)cc1)OC)C(=O)OC. The molecule has 0 fully saturated rings. The number of carbonyl (C=O) groups is 3. The van der Waals surface area contributed by atoms with Gasteiger partial charge in [-0.2, -0.15) is 8.42 Å². The fourth-order valence-corrected chi connectivity index (χ4v) is 4.60. The van der Waals surface area contributed by atoms with Crippen molar-refractivity contribution in [1.29, 1.82) is 0 Å². The molecule has 0 aliphatic carbocycles. The van der Waals surface area contributed by atoms with Gasteiger partial charge in [0.1, 0.15) is 6.61 Å². The fraction of sp³-hybridized carbons (Fsp3) is 0.483. The van der Waals surface area contributed by atoms with Gasteiger partial charge in [0, 0.05) is 13.0 Å². The van der Waals surface area contributed by atoms with E-state index in [4.69, 9.17) is 8.92 Å². The number of hydrogen-bond acceptors (Lipinski definition) is 9. The maximum Gasteiger partial charge on any atom is 0.320 e. The summed E-state index contributed by atoms with van der Waals surface area (Å²) in [5.41, 5.74) is 2.50. The number of ketones is 1. The lowest BCUT2D eigenvalue weighted by atomic mass is 9.96. The van der Waals surface area contributed by atoms with Gasteiger partial charge in [-0.1, -0.05) is 54.0 Å². The van der Waals surface area contributed by atoms with Crippen molar-refractivity contribution >= 4 is 27.8 Å². The van der Waals surface area contributed by atoms with Gasteiger partial charge in [0.15, 0.2) is 11.7 Å². The Labute approximate surface area is 232 Å². The van der Waals surface area contributed by atoms with Gasteiger partial charge in [-0.05, 0) is 58.2 Å². The summed E-state index contributed by atoms with van der Waals surface area (Å²) in [6.45, 7) is 6.87. The highest BCUT2D eigenvalue weighted by Gasteiger charge is 2.28. The summed E-state index contributed by atoms with van der Waals surface area (Å²) in [7, 11) is 0.0495. The molecule has 0 heterocycles. The molecule has 0 aliphatic heterocycles. The predicted molar refractivity (Wildman–Crippen MR) is 147 cm³/mol. The summed E-state index contributed by atoms with van der Waals surface area (Å²) in [5.74, 6) is -2.72. The Hall–Kier alpha value is -3.08. The third kappa shape index (κ3) is 12.1. The molecule has 1 rings (SSSR count). The maximum absolute atomic E-state index is 12.3. The molecule has 39 heavy (non-hydrogen) atoms. The first-order valence-electron chi connectivity index (χ1n) is 12.5. The highest BCUT2D eigenvalue weighted by atomic mass is 32.2. The van der Waals surface area contributed by atoms with Gasteiger partial charge in [-0.3, -0.25) is 18.6 Å². The van der Waals surface area contributed by atoms with Crippen LogP contribution in [0.3, 0.4) is 0 Å². The van der Waals surface area contributed by atoms with Crippen LogP contribution in [0.1, 0.15) is 45.6 Å². The number of methoxy groups -OCH3 is 3. The minimum Gasteiger partial charge on any atom is -0.468 e. The third-order valence-electron chi connectivity index (χ3n) is 6.08. The number of esters is 2. The molecule has 1 aromatic rings. The first-order chi connectivity index (χ1) is 18.3. The second-order valence-corrected chi connectivity index (χ2v) is 11.0. The van der Waals surface area contributed by atoms with Crippen molar-refractivity contribution in [3.63, 3.8) is 0 Å². The summed E-state index contributed by atoms with van der Waals surface area (Å²) in [5, 5.41) is 0. The molecule has 0 aromatic heterocycles. The van der Waals surface area contributed by atoms with Gasteiger partial charge in [0.25, 0.3) is 10.1 Å². The summed E-state index contributed by atoms with van der Waals surface area (Å²) in [4.78, 5) is 36.0. The van der Waals surface area contributed by atoms with E-state index in [1.54, 1.807) is 26.2 Å². The van der Waals surface area contributed by atoms with Crippen molar-refractivity contribution in [3.05, 3.63) is 65.3 Å². The van der Waals surface area contributed by atoms with E-state index in [2.05, 4.69) is 9.47 Å². The Morgan fingerprint density at radius 2 is 1.54 bits per heavy atom. The van der Waals surface area contributed by atoms with E-state index in [9.17, 15) is 22.8 Å². The molecule has 0 amide bonds. The molecule has 0 radical (unpaired) electrons. The van der Waals surface area contributed by atoms with Crippen molar-refractivity contribution in [2.24, 2.45) is 11.8 Å². The van der Waals surface area contributed by atoms with E-state index in [1.165, 1.54) is 32.4 Å². The maximum atomic E-state index is 12.3. The summed E-state index contributed by atoms with van der Waals surface area (Å²) in [6, 6.07) is 6.20. The van der Waals surface area contributed by atoms with Crippen LogP contribution in [-0.2, 0) is 42.9 Å².